The van der Waals surface area contributed by atoms with Gasteiger partial charge in [-0.25, -0.2) is 4.98 Å². The molecule has 6 nitrogen and oxygen atoms in total. The van der Waals surface area contributed by atoms with Crippen LogP contribution < -0.4 is 5.32 Å². The second-order valence-corrected chi connectivity index (χ2v) is 5.61. The van der Waals surface area contributed by atoms with E-state index in [9.17, 15) is 10.1 Å². The summed E-state index contributed by atoms with van der Waals surface area (Å²) in [5.74, 6) is -0.287. The molecule has 1 aliphatic heterocycles. The number of nitriles is 1. The zero-order chi connectivity index (χ0) is 14.7. The second-order valence-electron chi connectivity index (χ2n) is 4.75. The number of ether oxygens (including phenoxy) is 1. The first-order chi connectivity index (χ1) is 10.3. The molecule has 0 aliphatic carbocycles. The van der Waals surface area contributed by atoms with Crippen LogP contribution in [0.4, 0.5) is 0 Å². The van der Waals surface area contributed by atoms with E-state index in [0.717, 1.165) is 12.0 Å². The molecular weight excluding hydrogens is 290 g/mol. The molecule has 108 valence electrons. The average Bonchev–Trinajstić information content (AvgIpc) is 3.26. The van der Waals surface area contributed by atoms with Crippen molar-refractivity contribution < 1.29 is 13.9 Å². The van der Waals surface area contributed by atoms with Gasteiger partial charge in [0.05, 0.1) is 18.9 Å². The van der Waals surface area contributed by atoms with Crippen LogP contribution in [0.25, 0.3) is 10.6 Å². The molecule has 0 unspecified atom stereocenters. The summed E-state index contributed by atoms with van der Waals surface area (Å²) in [5.41, 5.74) is 1.15. The SMILES string of the molecule is N#C[C@@H](NC(=O)c1csc(-c2ccoc2)n1)[C@H]1CCOC1. The third-order valence-corrected chi connectivity index (χ3v) is 4.26. The molecule has 1 amide bonds. The van der Waals surface area contributed by atoms with Crippen molar-refractivity contribution in [2.45, 2.75) is 12.5 Å². The van der Waals surface area contributed by atoms with Crippen LogP contribution in [0.1, 0.15) is 16.9 Å². The lowest BCUT2D eigenvalue weighted by Gasteiger charge is -2.15. The molecule has 3 heterocycles. The topological polar surface area (TPSA) is 88.2 Å². The highest BCUT2D eigenvalue weighted by atomic mass is 32.1. The zero-order valence-electron chi connectivity index (χ0n) is 11.1. The van der Waals surface area contributed by atoms with E-state index in [1.54, 1.807) is 24.0 Å². The first kappa shape index (κ1) is 13.8. The van der Waals surface area contributed by atoms with Crippen LogP contribution in [-0.2, 0) is 4.74 Å². The Labute approximate surface area is 125 Å². The summed E-state index contributed by atoms with van der Waals surface area (Å²) in [6.07, 6.45) is 3.92. The lowest BCUT2D eigenvalue weighted by molar-refractivity contribution is 0.0927. The molecule has 7 heteroatoms. The number of furan rings is 1. The molecule has 0 bridgehead atoms. The maximum absolute atomic E-state index is 12.2. The molecule has 2 aromatic rings. The van der Waals surface area contributed by atoms with Crippen molar-refractivity contribution in [1.82, 2.24) is 10.3 Å². The van der Waals surface area contributed by atoms with E-state index in [2.05, 4.69) is 16.4 Å². The molecule has 21 heavy (non-hydrogen) atoms. The average molecular weight is 303 g/mol. The molecular formula is C14H13N3O3S. The van der Waals surface area contributed by atoms with Crippen LogP contribution in [-0.4, -0.2) is 30.1 Å². The number of rotatable bonds is 4. The minimum absolute atomic E-state index is 0.0472. The van der Waals surface area contributed by atoms with Gasteiger partial charge in [-0.3, -0.25) is 4.79 Å². The van der Waals surface area contributed by atoms with Gasteiger partial charge in [-0.2, -0.15) is 5.26 Å². The van der Waals surface area contributed by atoms with Gasteiger partial charge in [0.1, 0.15) is 23.0 Å². The van der Waals surface area contributed by atoms with Crippen LogP contribution >= 0.6 is 11.3 Å². The van der Waals surface area contributed by atoms with Gasteiger partial charge >= 0.3 is 0 Å². The summed E-state index contributed by atoms with van der Waals surface area (Å²) in [6, 6.07) is 3.37. The van der Waals surface area contributed by atoms with Gasteiger partial charge in [-0.15, -0.1) is 11.3 Å². The fourth-order valence-corrected chi connectivity index (χ4v) is 2.97. The summed E-state index contributed by atoms with van der Waals surface area (Å²) in [4.78, 5) is 16.4. The number of hydrogen-bond acceptors (Lipinski definition) is 6. The van der Waals surface area contributed by atoms with Crippen molar-refractivity contribution in [3.63, 3.8) is 0 Å². The number of thiazole rings is 1. The van der Waals surface area contributed by atoms with E-state index in [1.165, 1.54) is 11.3 Å². The van der Waals surface area contributed by atoms with E-state index >= 15 is 0 Å². The van der Waals surface area contributed by atoms with E-state index < -0.39 is 6.04 Å². The van der Waals surface area contributed by atoms with Crippen LogP contribution in [0.3, 0.4) is 0 Å². The van der Waals surface area contributed by atoms with Crippen molar-refractivity contribution in [2.24, 2.45) is 5.92 Å². The summed E-state index contributed by atoms with van der Waals surface area (Å²) in [7, 11) is 0. The molecule has 1 fully saturated rings. The smallest absolute Gasteiger partial charge is 0.271 e. The Hall–Kier alpha value is -2.17. The summed E-state index contributed by atoms with van der Waals surface area (Å²) < 4.78 is 10.3. The summed E-state index contributed by atoms with van der Waals surface area (Å²) >= 11 is 1.36. The lowest BCUT2D eigenvalue weighted by atomic mass is 10.0. The van der Waals surface area contributed by atoms with Gasteiger partial charge in [0.2, 0.25) is 0 Å². The number of carbonyl (C=O) groups excluding carboxylic acids is 1. The first-order valence-electron chi connectivity index (χ1n) is 6.54. The third kappa shape index (κ3) is 2.96. The molecule has 0 spiro atoms. The third-order valence-electron chi connectivity index (χ3n) is 3.37. The van der Waals surface area contributed by atoms with Crippen LogP contribution in [0.5, 0.6) is 0 Å². The fraction of sp³-hybridized carbons (Fsp3) is 0.357. The number of aromatic nitrogens is 1. The second kappa shape index (κ2) is 6.08. The van der Waals surface area contributed by atoms with Gasteiger partial charge in [0, 0.05) is 23.5 Å². The van der Waals surface area contributed by atoms with Gasteiger partial charge in [0.25, 0.3) is 5.91 Å². The van der Waals surface area contributed by atoms with E-state index in [4.69, 9.17) is 9.15 Å². The molecule has 1 saturated heterocycles. The van der Waals surface area contributed by atoms with E-state index in [-0.39, 0.29) is 11.8 Å². The van der Waals surface area contributed by atoms with E-state index in [1.807, 2.05) is 0 Å². The molecule has 0 saturated carbocycles. The Bertz CT molecular complexity index is 653. The molecule has 0 aromatic carbocycles. The monoisotopic (exact) mass is 303 g/mol. The normalized spacial score (nSPS) is 19.1. The molecule has 2 atom stereocenters. The molecule has 3 rings (SSSR count). The molecule has 1 N–H and O–H groups in total. The lowest BCUT2D eigenvalue weighted by Crippen LogP contribution is -2.39. The summed E-state index contributed by atoms with van der Waals surface area (Å²) in [5, 5.41) is 14.3. The first-order valence-corrected chi connectivity index (χ1v) is 7.42. The molecule has 2 aromatic heterocycles. The highest BCUT2D eigenvalue weighted by molar-refractivity contribution is 7.13. The Balaban J connectivity index is 1.69. The van der Waals surface area contributed by atoms with Crippen LogP contribution in [0.2, 0.25) is 0 Å². The van der Waals surface area contributed by atoms with Gasteiger partial charge in [-0.1, -0.05) is 0 Å². The Kier molecular flexibility index (Phi) is 3.99. The van der Waals surface area contributed by atoms with Crippen molar-refractivity contribution in [3.05, 3.63) is 29.7 Å². The number of hydrogen-bond donors (Lipinski definition) is 1. The minimum Gasteiger partial charge on any atom is -0.472 e. The Morgan fingerprint density at radius 3 is 3.19 bits per heavy atom. The van der Waals surface area contributed by atoms with Crippen molar-refractivity contribution >= 4 is 17.2 Å². The summed E-state index contributed by atoms with van der Waals surface area (Å²) in [6.45, 7) is 1.15. The number of nitrogens with one attached hydrogen (secondary N) is 1. The Morgan fingerprint density at radius 1 is 1.62 bits per heavy atom. The van der Waals surface area contributed by atoms with Crippen molar-refractivity contribution in [1.29, 1.82) is 5.26 Å². The van der Waals surface area contributed by atoms with Crippen molar-refractivity contribution in [2.75, 3.05) is 13.2 Å². The fourth-order valence-electron chi connectivity index (χ4n) is 2.18. The van der Waals surface area contributed by atoms with Gasteiger partial charge in [-0.05, 0) is 12.5 Å². The largest absolute Gasteiger partial charge is 0.472 e. The standard InChI is InChI=1S/C14H13N3O3S/c15-5-11(9-1-3-19-6-9)16-13(18)12-8-21-14(17-12)10-2-4-20-7-10/h2,4,7-9,11H,1,3,6H2,(H,16,18)/t9-,11+/m0/s1. The van der Waals surface area contributed by atoms with Gasteiger partial charge in [0.15, 0.2) is 0 Å². The predicted octanol–water partition coefficient (Wildman–Crippen LogP) is 2.06. The minimum atomic E-state index is -0.543. The number of amides is 1. The highest BCUT2D eigenvalue weighted by Crippen LogP contribution is 2.24. The zero-order valence-corrected chi connectivity index (χ0v) is 11.9. The maximum atomic E-state index is 12.2. The van der Waals surface area contributed by atoms with Gasteiger partial charge < -0.3 is 14.5 Å². The Morgan fingerprint density at radius 2 is 2.52 bits per heavy atom. The predicted molar refractivity (Wildman–Crippen MR) is 75.6 cm³/mol. The van der Waals surface area contributed by atoms with E-state index in [0.29, 0.717) is 23.9 Å². The van der Waals surface area contributed by atoms with Crippen molar-refractivity contribution in [3.8, 4) is 16.6 Å². The number of carbonyl (C=O) groups is 1. The van der Waals surface area contributed by atoms with Crippen LogP contribution in [0, 0.1) is 17.2 Å². The quantitative estimate of drug-likeness (QED) is 0.934. The highest BCUT2D eigenvalue weighted by Gasteiger charge is 2.27. The molecule has 1 aliphatic rings. The molecule has 0 radical (unpaired) electrons. The van der Waals surface area contributed by atoms with Crippen LogP contribution in [0.15, 0.2) is 28.4 Å². The maximum Gasteiger partial charge on any atom is 0.271 e. The number of nitrogens with zero attached hydrogens (tertiary/aromatic N) is 2.